The number of hydrogen-bond donors (Lipinski definition) is 0. The lowest BCUT2D eigenvalue weighted by molar-refractivity contribution is 0.660. The minimum absolute atomic E-state index is 0.0776. The molecule has 0 unspecified atom stereocenters. The molecule has 8 aromatic rings. The number of hydrogen-bond acceptors (Lipinski definition) is 3. The SMILES string of the molecule is CC1(C)c2ccccc2-c2ccc(N(c3ccccc3)c3ccc(N(c4ccccc4)c4ccc5oc6ccccc6c5c4)cc3)cc21. The highest BCUT2D eigenvalue weighted by atomic mass is 16.3. The second kappa shape index (κ2) is 11.0. The van der Waals surface area contributed by atoms with Crippen molar-refractivity contribution in [2.75, 3.05) is 9.80 Å². The van der Waals surface area contributed by atoms with E-state index in [1.54, 1.807) is 0 Å². The number of rotatable bonds is 6. The maximum Gasteiger partial charge on any atom is 0.135 e. The molecule has 0 bridgehead atoms. The van der Waals surface area contributed by atoms with Gasteiger partial charge in [0.25, 0.3) is 0 Å². The highest BCUT2D eigenvalue weighted by Gasteiger charge is 2.35. The molecule has 3 heteroatoms. The third kappa shape index (κ3) is 4.51. The van der Waals surface area contributed by atoms with Gasteiger partial charge >= 0.3 is 0 Å². The average Bonchev–Trinajstić information content (AvgIpc) is 3.62. The van der Waals surface area contributed by atoms with Crippen molar-refractivity contribution in [2.45, 2.75) is 19.3 Å². The lowest BCUT2D eigenvalue weighted by Gasteiger charge is -2.29. The van der Waals surface area contributed by atoms with E-state index in [1.165, 1.54) is 22.3 Å². The van der Waals surface area contributed by atoms with Crippen LogP contribution in [0.1, 0.15) is 25.0 Å². The summed E-state index contributed by atoms with van der Waals surface area (Å²) in [5, 5.41) is 2.23. The van der Waals surface area contributed by atoms with Gasteiger partial charge < -0.3 is 14.2 Å². The minimum Gasteiger partial charge on any atom is -0.456 e. The first-order valence-corrected chi connectivity index (χ1v) is 16.5. The van der Waals surface area contributed by atoms with Crippen molar-refractivity contribution in [3.8, 4) is 11.1 Å². The molecule has 1 aliphatic carbocycles. The highest BCUT2D eigenvalue weighted by Crippen LogP contribution is 2.50. The average molecular weight is 619 g/mol. The van der Waals surface area contributed by atoms with Crippen LogP contribution in [0.25, 0.3) is 33.1 Å². The Bertz CT molecular complexity index is 2420. The molecule has 0 fully saturated rings. The van der Waals surface area contributed by atoms with Gasteiger partial charge in [0.15, 0.2) is 0 Å². The number of nitrogens with zero attached hydrogens (tertiary/aromatic N) is 2. The van der Waals surface area contributed by atoms with E-state index in [2.05, 4.69) is 181 Å². The molecule has 0 spiro atoms. The van der Waals surface area contributed by atoms with Gasteiger partial charge in [0.2, 0.25) is 0 Å². The summed E-state index contributed by atoms with van der Waals surface area (Å²) in [4.78, 5) is 4.67. The second-order valence-corrected chi connectivity index (χ2v) is 13.0. The molecule has 0 radical (unpaired) electrons. The summed E-state index contributed by atoms with van der Waals surface area (Å²) in [5.41, 5.74) is 13.7. The Kier molecular flexibility index (Phi) is 6.48. The lowest BCUT2D eigenvalue weighted by Crippen LogP contribution is -2.16. The van der Waals surface area contributed by atoms with Crippen LogP contribution in [0.2, 0.25) is 0 Å². The maximum atomic E-state index is 6.16. The first kappa shape index (κ1) is 28.2. The van der Waals surface area contributed by atoms with E-state index in [1.807, 2.05) is 12.1 Å². The molecular formula is C45H34N2O. The summed E-state index contributed by atoms with van der Waals surface area (Å²) >= 11 is 0. The van der Waals surface area contributed by atoms with Crippen LogP contribution in [0, 0.1) is 0 Å². The Labute approximate surface area is 280 Å². The standard InChI is InChI=1S/C45H34N2O/c1-45(2)41-19-11-9-17-37(41)38-27-25-36(30-42(38)45)47(32-15-7-4-8-16-32)34-23-21-33(22-24-34)46(31-13-5-3-6-14-31)35-26-28-44-40(29-35)39-18-10-12-20-43(39)48-44/h3-30H,1-2H3. The van der Waals surface area contributed by atoms with E-state index in [0.717, 1.165) is 56.1 Å². The summed E-state index contributed by atoms with van der Waals surface area (Å²) in [5.74, 6) is 0. The van der Waals surface area contributed by atoms with E-state index in [0.29, 0.717) is 0 Å². The Morgan fingerprint density at radius 1 is 0.375 bits per heavy atom. The fraction of sp³-hybridized carbons (Fsp3) is 0.0667. The largest absolute Gasteiger partial charge is 0.456 e. The molecule has 1 aliphatic rings. The number of furan rings is 1. The number of para-hydroxylation sites is 3. The van der Waals surface area contributed by atoms with Gasteiger partial charge in [0, 0.05) is 50.3 Å². The van der Waals surface area contributed by atoms with Gasteiger partial charge in [0.1, 0.15) is 11.2 Å². The molecule has 0 aliphatic heterocycles. The molecule has 0 saturated heterocycles. The van der Waals surface area contributed by atoms with Crippen LogP contribution in [0.15, 0.2) is 174 Å². The van der Waals surface area contributed by atoms with Gasteiger partial charge in [-0.2, -0.15) is 0 Å². The maximum absolute atomic E-state index is 6.16. The van der Waals surface area contributed by atoms with Crippen LogP contribution in [-0.2, 0) is 5.41 Å². The molecule has 48 heavy (non-hydrogen) atoms. The van der Waals surface area contributed by atoms with Gasteiger partial charge in [-0.3, -0.25) is 0 Å². The van der Waals surface area contributed by atoms with Crippen molar-refractivity contribution in [3.05, 3.63) is 181 Å². The highest BCUT2D eigenvalue weighted by molar-refractivity contribution is 6.06. The van der Waals surface area contributed by atoms with E-state index >= 15 is 0 Å². The van der Waals surface area contributed by atoms with Crippen molar-refractivity contribution in [1.29, 1.82) is 0 Å². The predicted octanol–water partition coefficient (Wildman–Crippen LogP) is 12.8. The van der Waals surface area contributed by atoms with E-state index in [-0.39, 0.29) is 5.41 Å². The van der Waals surface area contributed by atoms with E-state index in [4.69, 9.17) is 4.42 Å². The summed E-state index contributed by atoms with van der Waals surface area (Å²) in [6.07, 6.45) is 0. The molecule has 1 aromatic heterocycles. The van der Waals surface area contributed by atoms with Crippen LogP contribution < -0.4 is 9.80 Å². The summed E-state index contributed by atoms with van der Waals surface area (Å²) < 4.78 is 6.16. The monoisotopic (exact) mass is 618 g/mol. The predicted molar refractivity (Wildman–Crippen MR) is 201 cm³/mol. The molecule has 0 saturated carbocycles. The second-order valence-electron chi connectivity index (χ2n) is 13.0. The first-order valence-electron chi connectivity index (χ1n) is 16.5. The van der Waals surface area contributed by atoms with Crippen LogP contribution in [-0.4, -0.2) is 0 Å². The van der Waals surface area contributed by atoms with E-state index < -0.39 is 0 Å². The van der Waals surface area contributed by atoms with Crippen molar-refractivity contribution in [3.63, 3.8) is 0 Å². The molecule has 0 atom stereocenters. The molecule has 7 aromatic carbocycles. The number of fused-ring (bicyclic) bond motifs is 6. The minimum atomic E-state index is -0.0776. The third-order valence-electron chi connectivity index (χ3n) is 9.84. The quantitative estimate of drug-likeness (QED) is 0.185. The van der Waals surface area contributed by atoms with Crippen LogP contribution >= 0.6 is 0 Å². The topological polar surface area (TPSA) is 19.6 Å². The molecule has 230 valence electrons. The molecule has 1 heterocycles. The van der Waals surface area contributed by atoms with Crippen LogP contribution in [0.3, 0.4) is 0 Å². The lowest BCUT2D eigenvalue weighted by atomic mass is 9.82. The molecule has 0 N–H and O–H groups in total. The normalized spacial score (nSPS) is 13.0. The Morgan fingerprint density at radius 3 is 1.54 bits per heavy atom. The Balaban J connectivity index is 1.15. The Morgan fingerprint density at radius 2 is 0.854 bits per heavy atom. The van der Waals surface area contributed by atoms with Crippen LogP contribution in [0.5, 0.6) is 0 Å². The van der Waals surface area contributed by atoms with Gasteiger partial charge in [-0.25, -0.2) is 0 Å². The van der Waals surface area contributed by atoms with Crippen LogP contribution in [0.4, 0.5) is 34.1 Å². The zero-order chi connectivity index (χ0) is 32.2. The fourth-order valence-corrected chi connectivity index (χ4v) is 7.48. The zero-order valence-electron chi connectivity index (χ0n) is 27.0. The smallest absolute Gasteiger partial charge is 0.135 e. The van der Waals surface area contributed by atoms with Crippen molar-refractivity contribution < 1.29 is 4.42 Å². The molecule has 9 rings (SSSR count). The zero-order valence-corrected chi connectivity index (χ0v) is 27.0. The van der Waals surface area contributed by atoms with Crippen molar-refractivity contribution in [2.24, 2.45) is 0 Å². The Hall–Kier alpha value is -6.06. The summed E-state index contributed by atoms with van der Waals surface area (Å²) in [6.45, 7) is 4.68. The van der Waals surface area contributed by atoms with Gasteiger partial charge in [-0.05, 0) is 107 Å². The van der Waals surface area contributed by atoms with E-state index in [9.17, 15) is 0 Å². The third-order valence-corrected chi connectivity index (χ3v) is 9.84. The van der Waals surface area contributed by atoms with Gasteiger partial charge in [-0.15, -0.1) is 0 Å². The molecular weight excluding hydrogens is 585 g/mol. The first-order chi connectivity index (χ1) is 23.6. The fourth-order valence-electron chi connectivity index (χ4n) is 7.48. The summed E-state index contributed by atoms with van der Waals surface area (Å²) in [7, 11) is 0. The van der Waals surface area contributed by atoms with Gasteiger partial charge in [-0.1, -0.05) is 98.8 Å². The van der Waals surface area contributed by atoms with Crippen molar-refractivity contribution >= 4 is 56.1 Å². The molecule has 0 amide bonds. The van der Waals surface area contributed by atoms with Crippen molar-refractivity contribution in [1.82, 2.24) is 0 Å². The summed E-state index contributed by atoms with van der Waals surface area (Å²) in [6, 6.07) is 60.6. The molecule has 3 nitrogen and oxygen atoms in total. The number of anilines is 6. The number of benzene rings is 7. The van der Waals surface area contributed by atoms with Gasteiger partial charge in [0.05, 0.1) is 0 Å².